The Balaban J connectivity index is 1.36. The lowest BCUT2D eigenvalue weighted by molar-refractivity contribution is -0.285. The van der Waals surface area contributed by atoms with E-state index < -0.39 is 36.7 Å². The monoisotopic (exact) mass is 462 g/mol. The van der Waals surface area contributed by atoms with Crippen LogP contribution in [-0.2, 0) is 19.1 Å². The number of carboxylic acid groups (broad SMARTS) is 1. The molecule has 5 rings (SSSR count). The fourth-order valence-electron chi connectivity index (χ4n) is 7.46. The second-order valence-electron chi connectivity index (χ2n) is 11.1. The van der Waals surface area contributed by atoms with Crippen molar-refractivity contribution in [3.05, 3.63) is 23.5 Å². The van der Waals surface area contributed by atoms with Crippen LogP contribution in [0.4, 0.5) is 0 Å². The normalized spacial score (nSPS) is 49.3. The van der Waals surface area contributed by atoms with E-state index in [-0.39, 0.29) is 10.8 Å². The number of hydrogen-bond acceptors (Lipinski definition) is 7. The van der Waals surface area contributed by atoms with Crippen molar-refractivity contribution < 1.29 is 39.5 Å². The highest BCUT2D eigenvalue weighted by molar-refractivity contribution is 5.87. The number of allylic oxidation sites excluding steroid dienone is 4. The molecule has 10 atom stereocenters. The molecule has 0 aromatic heterocycles. The minimum absolute atomic E-state index is 0.0198. The van der Waals surface area contributed by atoms with E-state index in [4.69, 9.17) is 9.47 Å². The van der Waals surface area contributed by atoms with E-state index in [2.05, 4.69) is 19.9 Å². The molecular formula is C25H34O8. The fraction of sp³-hybridized carbons (Fsp3) is 0.760. The van der Waals surface area contributed by atoms with Gasteiger partial charge in [0.1, 0.15) is 24.1 Å². The minimum Gasteiger partial charge on any atom is -0.479 e. The molecule has 3 fully saturated rings. The van der Waals surface area contributed by atoms with Crippen LogP contribution >= 0.6 is 0 Å². The first-order valence-electron chi connectivity index (χ1n) is 12.1. The summed E-state index contributed by atoms with van der Waals surface area (Å²) in [5, 5.41) is 39.5. The summed E-state index contributed by atoms with van der Waals surface area (Å²) in [5.41, 5.74) is 0.995. The topological polar surface area (TPSA) is 134 Å². The van der Waals surface area contributed by atoms with E-state index in [9.17, 15) is 30.0 Å². The van der Waals surface area contributed by atoms with Crippen molar-refractivity contribution >= 4 is 11.8 Å². The van der Waals surface area contributed by atoms with Gasteiger partial charge in [0.15, 0.2) is 6.10 Å². The van der Waals surface area contributed by atoms with Gasteiger partial charge in [-0.15, -0.1) is 0 Å². The zero-order valence-corrected chi connectivity index (χ0v) is 19.1. The Kier molecular flexibility index (Phi) is 5.51. The summed E-state index contributed by atoms with van der Waals surface area (Å²) in [6, 6.07) is 0. The molecule has 8 heteroatoms. The maximum atomic E-state index is 12.6. The van der Waals surface area contributed by atoms with Gasteiger partial charge >= 0.3 is 5.97 Å². The second kappa shape index (κ2) is 7.90. The zero-order chi connectivity index (χ0) is 23.7. The van der Waals surface area contributed by atoms with E-state index in [0.29, 0.717) is 42.1 Å². The molecule has 0 spiro atoms. The first-order chi connectivity index (χ1) is 15.6. The van der Waals surface area contributed by atoms with Crippen molar-refractivity contribution in [1.82, 2.24) is 0 Å². The van der Waals surface area contributed by atoms with E-state index in [0.717, 1.165) is 32.1 Å². The molecule has 1 saturated heterocycles. The summed E-state index contributed by atoms with van der Waals surface area (Å²) < 4.78 is 11.1. The number of carbonyl (C=O) groups excluding carboxylic acids is 1. The lowest BCUT2D eigenvalue weighted by Crippen LogP contribution is -2.60. The van der Waals surface area contributed by atoms with Crippen LogP contribution in [0.3, 0.4) is 0 Å². The van der Waals surface area contributed by atoms with Gasteiger partial charge in [-0.1, -0.05) is 19.9 Å². The van der Waals surface area contributed by atoms with Gasteiger partial charge in [-0.05, 0) is 66.9 Å². The molecule has 0 aromatic rings. The van der Waals surface area contributed by atoms with E-state index in [1.54, 1.807) is 0 Å². The van der Waals surface area contributed by atoms with Gasteiger partial charge < -0.3 is 29.9 Å². The highest BCUT2D eigenvalue weighted by Crippen LogP contribution is 2.63. The smallest absolute Gasteiger partial charge is 0.335 e. The molecule has 33 heavy (non-hydrogen) atoms. The average molecular weight is 463 g/mol. The lowest BCUT2D eigenvalue weighted by Gasteiger charge is -2.55. The number of Topliss-reactive ketones (excluding diaryl/α,β-unsaturated/α-hetero) is 1. The lowest BCUT2D eigenvalue weighted by atomic mass is 9.49. The Bertz CT molecular complexity index is 910. The Labute approximate surface area is 193 Å². The molecule has 4 aliphatic carbocycles. The minimum atomic E-state index is -1.74. The summed E-state index contributed by atoms with van der Waals surface area (Å²) in [4.78, 5) is 24.0. The third-order valence-electron chi connectivity index (χ3n) is 9.52. The summed E-state index contributed by atoms with van der Waals surface area (Å²) >= 11 is 0. The highest BCUT2D eigenvalue weighted by Gasteiger charge is 2.58. The third-order valence-corrected chi connectivity index (χ3v) is 9.52. The third kappa shape index (κ3) is 3.40. The standard InChI is InChI=1S/C25H34O8/c1-24-9-7-13(32-23-20(29)18(27)19(28)21(33-23)22(30)31)11-12(24)3-4-14-15-5-6-17(26)25(15,2)10-8-16(14)24/h3,11,14-16,18-21,23,27-29H,4-10H2,1-2H3,(H,30,31)/t14?,15?,16?,18-,19-,20-,21-,23+,24-,25-/m0/s1. The molecule has 5 aliphatic rings. The summed E-state index contributed by atoms with van der Waals surface area (Å²) in [7, 11) is 0. The second-order valence-corrected chi connectivity index (χ2v) is 11.1. The molecule has 0 bridgehead atoms. The van der Waals surface area contributed by atoms with Gasteiger partial charge in [0.2, 0.25) is 6.29 Å². The Morgan fingerprint density at radius 3 is 2.48 bits per heavy atom. The van der Waals surface area contributed by atoms with E-state index >= 15 is 0 Å². The van der Waals surface area contributed by atoms with Gasteiger partial charge in [0.25, 0.3) is 0 Å². The van der Waals surface area contributed by atoms with Crippen molar-refractivity contribution in [2.75, 3.05) is 0 Å². The van der Waals surface area contributed by atoms with Crippen LogP contribution in [0.5, 0.6) is 0 Å². The van der Waals surface area contributed by atoms with Crippen LogP contribution < -0.4 is 0 Å². The zero-order valence-electron chi connectivity index (χ0n) is 19.1. The van der Waals surface area contributed by atoms with Gasteiger partial charge in [-0.2, -0.15) is 0 Å². The largest absolute Gasteiger partial charge is 0.479 e. The molecule has 4 N–H and O–H groups in total. The molecule has 2 saturated carbocycles. The molecule has 1 aliphatic heterocycles. The maximum Gasteiger partial charge on any atom is 0.335 e. The van der Waals surface area contributed by atoms with Crippen LogP contribution in [0.2, 0.25) is 0 Å². The number of rotatable bonds is 3. The number of aliphatic carboxylic acids is 1. The highest BCUT2D eigenvalue weighted by atomic mass is 16.7. The quantitative estimate of drug-likeness (QED) is 0.500. The molecular weight excluding hydrogens is 428 g/mol. The van der Waals surface area contributed by atoms with E-state index in [1.165, 1.54) is 5.57 Å². The van der Waals surface area contributed by atoms with Gasteiger partial charge in [-0.25, -0.2) is 4.79 Å². The van der Waals surface area contributed by atoms with Crippen molar-refractivity contribution in [2.45, 2.75) is 89.5 Å². The Morgan fingerprint density at radius 2 is 1.76 bits per heavy atom. The number of aliphatic hydroxyl groups is 3. The van der Waals surface area contributed by atoms with Crippen LogP contribution in [0.15, 0.2) is 23.5 Å². The molecule has 0 aromatic carbocycles. The predicted octanol–water partition coefficient (Wildman–Crippen LogP) is 1.92. The summed E-state index contributed by atoms with van der Waals surface area (Å²) in [6.07, 6.45) is 2.26. The predicted molar refractivity (Wildman–Crippen MR) is 116 cm³/mol. The van der Waals surface area contributed by atoms with Crippen LogP contribution in [-0.4, -0.2) is 62.9 Å². The van der Waals surface area contributed by atoms with Crippen LogP contribution in [0.1, 0.15) is 58.8 Å². The molecule has 8 nitrogen and oxygen atoms in total. The molecule has 0 amide bonds. The molecule has 1 heterocycles. The molecule has 3 unspecified atom stereocenters. The number of hydrogen-bond donors (Lipinski definition) is 4. The van der Waals surface area contributed by atoms with Gasteiger partial charge in [0.05, 0.1) is 5.76 Å². The van der Waals surface area contributed by atoms with Crippen molar-refractivity contribution in [3.8, 4) is 0 Å². The first kappa shape index (κ1) is 23.0. The van der Waals surface area contributed by atoms with Crippen molar-refractivity contribution in [1.29, 1.82) is 0 Å². The Morgan fingerprint density at radius 1 is 1.03 bits per heavy atom. The first-order valence-corrected chi connectivity index (χ1v) is 12.1. The summed E-state index contributed by atoms with van der Waals surface area (Å²) in [6.45, 7) is 4.47. The summed E-state index contributed by atoms with van der Waals surface area (Å²) in [5.74, 6) is 1.05. The number of aliphatic hydroxyl groups excluding tert-OH is 3. The number of fused-ring (bicyclic) bond motifs is 5. The van der Waals surface area contributed by atoms with E-state index in [1.807, 2.05) is 6.08 Å². The number of carbonyl (C=O) groups is 2. The van der Waals surface area contributed by atoms with Crippen LogP contribution in [0, 0.1) is 28.6 Å². The molecule has 182 valence electrons. The van der Waals surface area contributed by atoms with Gasteiger partial charge in [-0.3, -0.25) is 4.79 Å². The SMILES string of the molecule is C[C@]12CCC(O[C@@H]3O[C@H](C(=O)O)[C@@H](O)[C@H](O)[C@@H]3O)=CC1=CCC1C2CC[C@]2(C)C(=O)CCC12. The number of ketones is 1. The molecule has 0 radical (unpaired) electrons. The number of ether oxygens (including phenoxy) is 2. The Hall–Kier alpha value is -1.74. The van der Waals surface area contributed by atoms with Crippen molar-refractivity contribution in [3.63, 3.8) is 0 Å². The fourth-order valence-corrected chi connectivity index (χ4v) is 7.46. The van der Waals surface area contributed by atoms with Gasteiger partial charge in [0, 0.05) is 18.3 Å². The van der Waals surface area contributed by atoms with Crippen LogP contribution in [0.25, 0.3) is 0 Å². The van der Waals surface area contributed by atoms with Crippen molar-refractivity contribution in [2.24, 2.45) is 28.6 Å². The number of carboxylic acids is 1. The maximum absolute atomic E-state index is 12.6. The average Bonchev–Trinajstić information content (AvgIpc) is 3.08.